The van der Waals surface area contributed by atoms with E-state index in [1.54, 1.807) is 17.6 Å². The number of furan rings is 1. The smallest absolute Gasteiger partial charge is 0.263 e. The van der Waals surface area contributed by atoms with Crippen LogP contribution < -0.4 is 14.2 Å². The number of aromatic nitrogens is 1. The number of hydrogen-bond donors (Lipinski definition) is 0. The van der Waals surface area contributed by atoms with Crippen LogP contribution in [-0.2, 0) is 26.8 Å². The molecule has 1 aliphatic heterocycles. The molecule has 0 N–H and O–H groups in total. The predicted molar refractivity (Wildman–Crippen MR) is 156 cm³/mol. The minimum Gasteiger partial charge on any atom is -0.748 e. The number of benzene rings is 2. The second kappa shape index (κ2) is 11.6. The molecule has 0 saturated carbocycles. The molecule has 218 valence electrons. The lowest BCUT2D eigenvalue weighted by Gasteiger charge is -2.19. The van der Waals surface area contributed by atoms with Gasteiger partial charge in [-0.05, 0) is 61.2 Å². The van der Waals surface area contributed by atoms with Crippen LogP contribution in [0.1, 0.15) is 36.8 Å². The lowest BCUT2D eigenvalue weighted by molar-refractivity contribution is -0.667. The van der Waals surface area contributed by atoms with E-state index in [1.807, 2.05) is 71.9 Å². The molecule has 0 radical (unpaired) electrons. The quantitative estimate of drug-likeness (QED) is 0.174. The summed E-state index contributed by atoms with van der Waals surface area (Å²) in [7, 11) is -8.70. The van der Waals surface area contributed by atoms with Crippen molar-refractivity contribution >= 4 is 64.5 Å². The Labute approximate surface area is 242 Å². The van der Waals surface area contributed by atoms with Crippen molar-refractivity contribution in [2.75, 3.05) is 23.0 Å². The lowest BCUT2D eigenvalue weighted by atomic mass is 10.1. The van der Waals surface area contributed by atoms with Crippen molar-refractivity contribution in [1.29, 1.82) is 0 Å². The maximum Gasteiger partial charge on any atom is 0.263 e. The van der Waals surface area contributed by atoms with Gasteiger partial charge in [0.1, 0.15) is 10.3 Å². The molecular formula is C28H29N2O8S3-. The average Bonchev–Trinajstić information content (AvgIpc) is 3.58. The normalized spacial score (nSPS) is 15.3. The van der Waals surface area contributed by atoms with Crippen molar-refractivity contribution < 1.29 is 39.7 Å². The van der Waals surface area contributed by atoms with Crippen LogP contribution in [0.3, 0.4) is 0 Å². The summed E-state index contributed by atoms with van der Waals surface area (Å²) in [5.74, 6) is 0.217. The zero-order valence-electron chi connectivity index (χ0n) is 22.5. The fourth-order valence-electron chi connectivity index (χ4n) is 4.89. The van der Waals surface area contributed by atoms with Crippen LogP contribution in [-0.4, -0.2) is 44.0 Å². The number of fused-ring (bicyclic) bond motifs is 4. The summed E-state index contributed by atoms with van der Waals surface area (Å²) in [6.45, 7) is 4.56. The van der Waals surface area contributed by atoms with Gasteiger partial charge in [0, 0.05) is 36.6 Å². The van der Waals surface area contributed by atoms with Crippen LogP contribution in [0.2, 0.25) is 0 Å². The summed E-state index contributed by atoms with van der Waals surface area (Å²) in [6, 6.07) is 11.5. The standard InChI is InChI=1S/C28H30N2O8S3/c1-3-20(17-26-29(11-4-14-40(31,32)33)22-16-19(2)6-7-24(22)38-26)18-27-30(12-5-15-41(34,35)36)28-21-10-13-37-23(21)8-9-25(28)39-27/h6-10,13,16-18H,3-5,11-12,14-15H2,1-2H3,(H-,31,32,33,34,35,36)/p-1. The van der Waals surface area contributed by atoms with E-state index < -0.39 is 31.7 Å². The van der Waals surface area contributed by atoms with Crippen LogP contribution in [0, 0.1) is 6.92 Å². The van der Waals surface area contributed by atoms with Crippen molar-refractivity contribution in [3.63, 3.8) is 0 Å². The van der Waals surface area contributed by atoms with Gasteiger partial charge in [-0.3, -0.25) is 0 Å². The number of allylic oxidation sites excluding steroid dienone is 2. The molecule has 1 aliphatic rings. The minimum atomic E-state index is -4.35. The van der Waals surface area contributed by atoms with E-state index in [9.17, 15) is 25.9 Å². The second-order valence-electron chi connectivity index (χ2n) is 9.85. The first-order valence-electron chi connectivity index (χ1n) is 13.1. The third-order valence-corrected chi connectivity index (χ3v) is 9.46. The summed E-state index contributed by atoms with van der Waals surface area (Å²) in [4.78, 5) is 1.88. The van der Waals surface area contributed by atoms with Gasteiger partial charge >= 0.3 is 0 Å². The van der Waals surface area contributed by atoms with Crippen LogP contribution in [0.5, 0.6) is 5.75 Å². The molecular weight excluding hydrogens is 589 g/mol. The highest BCUT2D eigenvalue weighted by molar-refractivity contribution is 7.85. The van der Waals surface area contributed by atoms with Gasteiger partial charge in [0.05, 0.1) is 37.6 Å². The Morgan fingerprint density at radius 3 is 2.54 bits per heavy atom. The van der Waals surface area contributed by atoms with Crippen LogP contribution in [0.25, 0.3) is 27.3 Å². The highest BCUT2D eigenvalue weighted by Crippen LogP contribution is 2.40. The van der Waals surface area contributed by atoms with E-state index in [2.05, 4.69) is 0 Å². The number of aryl methyl sites for hydroxylation is 2. The van der Waals surface area contributed by atoms with Crippen molar-refractivity contribution in [2.45, 2.75) is 39.7 Å². The summed E-state index contributed by atoms with van der Waals surface area (Å²) in [5.41, 5.74) is 4.33. The van der Waals surface area contributed by atoms with E-state index in [0.717, 1.165) is 37.4 Å². The Morgan fingerprint density at radius 2 is 1.80 bits per heavy atom. The van der Waals surface area contributed by atoms with E-state index in [-0.39, 0.29) is 19.4 Å². The number of thiazole rings is 1. The fraction of sp³-hybridized carbons (Fsp3) is 0.321. The summed E-state index contributed by atoms with van der Waals surface area (Å²) >= 11 is 1.54. The molecule has 0 amide bonds. The molecule has 0 aliphatic carbocycles. The number of anilines is 1. The molecule has 0 fully saturated rings. The summed E-state index contributed by atoms with van der Waals surface area (Å²) in [6.07, 6.45) is 6.45. The first kappa shape index (κ1) is 29.3. The zero-order valence-corrected chi connectivity index (χ0v) is 25.0. The molecule has 0 spiro atoms. The third kappa shape index (κ3) is 6.81. The number of rotatable bonds is 11. The van der Waals surface area contributed by atoms with E-state index >= 15 is 0 Å². The second-order valence-corrected chi connectivity index (χ2v) is 14.0. The topological polar surface area (TPSA) is 144 Å². The van der Waals surface area contributed by atoms with Gasteiger partial charge in [-0.25, -0.2) is 16.8 Å². The molecule has 0 atom stereocenters. The Balaban J connectivity index is 1.55. The van der Waals surface area contributed by atoms with E-state index in [1.165, 1.54) is 0 Å². The Kier molecular flexibility index (Phi) is 8.26. The van der Waals surface area contributed by atoms with Gasteiger partial charge in [0.2, 0.25) is 11.4 Å². The van der Waals surface area contributed by atoms with Gasteiger partial charge < -0.3 is 23.2 Å². The van der Waals surface area contributed by atoms with Crippen LogP contribution >= 0.6 is 11.3 Å². The molecule has 0 unspecified atom stereocenters. The molecule has 2 aromatic heterocycles. The largest absolute Gasteiger partial charge is 0.748 e. The molecule has 10 nitrogen and oxygen atoms in total. The molecule has 3 heterocycles. The first-order valence-corrected chi connectivity index (χ1v) is 17.1. The molecule has 5 rings (SSSR count). The Bertz CT molecular complexity index is 1890. The van der Waals surface area contributed by atoms with E-state index in [4.69, 9.17) is 9.15 Å². The first-order chi connectivity index (χ1) is 19.4. The lowest BCUT2D eigenvalue weighted by Crippen LogP contribution is -2.36. The van der Waals surface area contributed by atoms with Gasteiger partial charge in [-0.15, -0.1) is 0 Å². The van der Waals surface area contributed by atoms with Crippen molar-refractivity contribution in [1.82, 2.24) is 0 Å². The molecule has 0 bridgehead atoms. The Morgan fingerprint density at radius 1 is 1.05 bits per heavy atom. The third-order valence-electron chi connectivity index (χ3n) is 6.78. The highest BCUT2D eigenvalue weighted by Gasteiger charge is 2.27. The average molecular weight is 618 g/mol. The van der Waals surface area contributed by atoms with Crippen molar-refractivity contribution in [2.24, 2.45) is 0 Å². The summed E-state index contributed by atoms with van der Waals surface area (Å²) < 4.78 is 82.4. The molecule has 0 saturated heterocycles. The van der Waals surface area contributed by atoms with Gasteiger partial charge in [0.25, 0.3) is 5.01 Å². The number of nitrogens with zero attached hydrogens (tertiary/aromatic N) is 2. The van der Waals surface area contributed by atoms with Gasteiger partial charge in [-0.2, -0.15) is 4.57 Å². The van der Waals surface area contributed by atoms with E-state index in [0.29, 0.717) is 30.2 Å². The molecule has 41 heavy (non-hydrogen) atoms. The Hall–Kier alpha value is -3.23. The van der Waals surface area contributed by atoms with Crippen LogP contribution in [0.15, 0.2) is 64.6 Å². The fourth-order valence-corrected chi connectivity index (χ4v) is 7.03. The molecule has 13 heteroatoms. The van der Waals surface area contributed by atoms with Crippen molar-refractivity contribution in [3.05, 3.63) is 70.8 Å². The maximum absolute atomic E-state index is 11.3. The zero-order chi connectivity index (χ0) is 29.4. The molecule has 4 aromatic rings. The SMILES string of the molecule is CCC(/C=C1\Oc2ccc(C)cc2N1CCCS(=O)(=O)[O-])=C\c1sc2ccc3occc3c2[n+]1CCCS(=O)(=O)[O-]. The molecule has 2 aromatic carbocycles. The van der Waals surface area contributed by atoms with Crippen molar-refractivity contribution in [3.8, 4) is 5.75 Å². The monoisotopic (exact) mass is 617 g/mol. The maximum atomic E-state index is 11.3. The number of hydrogen-bond acceptors (Lipinski definition) is 10. The van der Waals surface area contributed by atoms with Gasteiger partial charge in [0.15, 0.2) is 12.3 Å². The van der Waals surface area contributed by atoms with Gasteiger partial charge in [-0.1, -0.05) is 24.3 Å². The number of ether oxygens (including phenoxy) is 1. The predicted octanol–water partition coefficient (Wildman–Crippen LogP) is 4.65. The minimum absolute atomic E-state index is 0.144. The highest BCUT2D eigenvalue weighted by atomic mass is 32.2. The van der Waals surface area contributed by atoms with Crippen LogP contribution in [0.4, 0.5) is 5.69 Å². The summed E-state index contributed by atoms with van der Waals surface area (Å²) in [5, 5.41) is 1.75.